The van der Waals surface area contributed by atoms with Gasteiger partial charge in [-0.25, -0.2) is 19.7 Å². The minimum atomic E-state index is -0.863. The number of nitrogens with zero attached hydrogens (tertiary/aromatic N) is 4. The molecule has 0 aromatic carbocycles. The number of rotatable bonds is 12. The van der Waals surface area contributed by atoms with Crippen LogP contribution in [0, 0.1) is 0 Å². The van der Waals surface area contributed by atoms with Crippen LogP contribution >= 0.6 is 15.9 Å². The van der Waals surface area contributed by atoms with Gasteiger partial charge in [0, 0.05) is 31.0 Å². The van der Waals surface area contributed by atoms with Crippen molar-refractivity contribution in [3.05, 3.63) is 40.4 Å². The summed E-state index contributed by atoms with van der Waals surface area (Å²) in [7, 11) is 0. The SMILES string of the molecule is O=C(O)[C@H](CCN(CCCCc1ccc2c(n1)NCCC2)C1CC1)Nc1ncncc1Br. The third kappa shape index (κ3) is 6.38. The van der Waals surface area contributed by atoms with Crippen molar-refractivity contribution >= 4 is 33.5 Å². The van der Waals surface area contributed by atoms with Crippen LogP contribution in [0.15, 0.2) is 29.1 Å². The maximum Gasteiger partial charge on any atom is 0.326 e. The van der Waals surface area contributed by atoms with E-state index >= 15 is 0 Å². The Labute approximate surface area is 197 Å². The normalized spacial score (nSPS) is 16.3. The van der Waals surface area contributed by atoms with Crippen LogP contribution in [-0.4, -0.2) is 62.6 Å². The number of hydrogen-bond acceptors (Lipinski definition) is 7. The Morgan fingerprint density at radius 3 is 2.97 bits per heavy atom. The van der Waals surface area contributed by atoms with Crippen molar-refractivity contribution in [2.24, 2.45) is 0 Å². The lowest BCUT2D eigenvalue weighted by Gasteiger charge is -2.24. The number of carboxylic acid groups (broad SMARTS) is 1. The second kappa shape index (κ2) is 11.0. The van der Waals surface area contributed by atoms with E-state index in [-0.39, 0.29) is 0 Å². The van der Waals surface area contributed by atoms with Crippen LogP contribution in [0.4, 0.5) is 11.6 Å². The molecule has 3 heterocycles. The summed E-state index contributed by atoms with van der Waals surface area (Å²) in [6.45, 7) is 2.77. The molecule has 0 unspecified atom stereocenters. The fourth-order valence-corrected chi connectivity index (χ4v) is 4.52. The summed E-state index contributed by atoms with van der Waals surface area (Å²) in [4.78, 5) is 27.1. The van der Waals surface area contributed by atoms with Crippen molar-refractivity contribution in [3.63, 3.8) is 0 Å². The van der Waals surface area contributed by atoms with Crippen LogP contribution in [0.5, 0.6) is 0 Å². The highest BCUT2D eigenvalue weighted by atomic mass is 79.9. The predicted molar refractivity (Wildman–Crippen MR) is 128 cm³/mol. The van der Waals surface area contributed by atoms with Gasteiger partial charge in [0.05, 0.1) is 4.47 Å². The standard InChI is InChI=1S/C23H31BrN6O2/c24-19-14-25-15-27-22(19)29-20(23(31)32)10-13-30(18-8-9-18)12-2-1-5-17-7-6-16-4-3-11-26-21(16)28-17/h6-7,14-15,18,20H,1-5,8-13H2,(H,26,28)(H,31,32)(H,25,27,29)/t20-/m0/s1. The second-order valence-corrected chi connectivity index (χ2v) is 9.46. The molecule has 1 aliphatic heterocycles. The molecule has 0 saturated heterocycles. The van der Waals surface area contributed by atoms with E-state index in [1.54, 1.807) is 6.20 Å². The zero-order valence-electron chi connectivity index (χ0n) is 18.3. The Kier molecular flexibility index (Phi) is 7.91. The molecule has 1 saturated carbocycles. The van der Waals surface area contributed by atoms with Gasteiger partial charge >= 0.3 is 5.97 Å². The number of hydrogen-bond donors (Lipinski definition) is 3. The maximum absolute atomic E-state index is 11.8. The Bertz CT molecular complexity index is 923. The third-order valence-corrected chi connectivity index (χ3v) is 6.71. The smallest absolute Gasteiger partial charge is 0.326 e. The molecule has 2 aliphatic rings. The first-order chi connectivity index (χ1) is 15.6. The van der Waals surface area contributed by atoms with Crippen LogP contribution < -0.4 is 10.6 Å². The minimum Gasteiger partial charge on any atom is -0.480 e. The zero-order chi connectivity index (χ0) is 22.3. The lowest BCUT2D eigenvalue weighted by atomic mass is 10.1. The number of anilines is 2. The molecule has 9 heteroatoms. The second-order valence-electron chi connectivity index (χ2n) is 8.61. The number of fused-ring (bicyclic) bond motifs is 1. The maximum atomic E-state index is 11.8. The van der Waals surface area contributed by atoms with E-state index in [0.29, 0.717) is 22.8 Å². The van der Waals surface area contributed by atoms with E-state index in [9.17, 15) is 9.90 Å². The summed E-state index contributed by atoms with van der Waals surface area (Å²) in [5.74, 6) is 0.714. The largest absolute Gasteiger partial charge is 0.480 e. The minimum absolute atomic E-state index is 0.511. The lowest BCUT2D eigenvalue weighted by Crippen LogP contribution is -2.36. The van der Waals surface area contributed by atoms with Crippen molar-refractivity contribution < 1.29 is 9.90 Å². The van der Waals surface area contributed by atoms with Crippen LogP contribution in [0.3, 0.4) is 0 Å². The molecule has 172 valence electrons. The fourth-order valence-electron chi connectivity index (χ4n) is 4.18. The van der Waals surface area contributed by atoms with Crippen molar-refractivity contribution in [2.75, 3.05) is 30.3 Å². The van der Waals surface area contributed by atoms with Crippen molar-refractivity contribution in [1.29, 1.82) is 0 Å². The monoisotopic (exact) mass is 502 g/mol. The van der Waals surface area contributed by atoms with Gasteiger partial charge < -0.3 is 20.6 Å². The average Bonchev–Trinajstić information content (AvgIpc) is 3.64. The van der Waals surface area contributed by atoms with Gasteiger partial charge in [-0.2, -0.15) is 0 Å². The third-order valence-electron chi connectivity index (χ3n) is 6.12. The topological polar surface area (TPSA) is 103 Å². The molecule has 3 N–H and O–H groups in total. The molecule has 2 aromatic heterocycles. The van der Waals surface area contributed by atoms with Gasteiger partial charge in [0.1, 0.15) is 24.0 Å². The van der Waals surface area contributed by atoms with Gasteiger partial charge in [-0.15, -0.1) is 0 Å². The summed E-state index contributed by atoms with van der Waals surface area (Å²) in [5, 5.41) is 16.1. The number of carbonyl (C=O) groups is 1. The van der Waals surface area contributed by atoms with E-state index in [2.05, 4.69) is 53.6 Å². The molecule has 8 nitrogen and oxygen atoms in total. The number of aromatic nitrogens is 3. The van der Waals surface area contributed by atoms with Gasteiger partial charge in [0.15, 0.2) is 0 Å². The highest BCUT2D eigenvalue weighted by Crippen LogP contribution is 2.28. The average molecular weight is 503 g/mol. The van der Waals surface area contributed by atoms with Crippen LogP contribution in [0.2, 0.25) is 0 Å². The van der Waals surface area contributed by atoms with Crippen LogP contribution in [-0.2, 0) is 17.6 Å². The number of pyridine rings is 1. The molecular formula is C23H31BrN6O2. The van der Waals surface area contributed by atoms with Crippen LogP contribution in [0.1, 0.15) is 49.8 Å². The van der Waals surface area contributed by atoms with E-state index in [1.807, 2.05) is 0 Å². The van der Waals surface area contributed by atoms with E-state index in [4.69, 9.17) is 4.98 Å². The molecule has 1 atom stereocenters. The Morgan fingerprint density at radius 1 is 1.31 bits per heavy atom. The molecule has 0 bridgehead atoms. The van der Waals surface area contributed by atoms with Crippen molar-refractivity contribution in [3.8, 4) is 0 Å². The van der Waals surface area contributed by atoms with Gasteiger partial charge in [-0.1, -0.05) is 6.07 Å². The molecule has 0 spiro atoms. The quantitative estimate of drug-likeness (QED) is 0.377. The number of carboxylic acids is 1. The molecule has 4 rings (SSSR count). The summed E-state index contributed by atoms with van der Waals surface area (Å²) in [6.07, 6.45) is 11.4. The molecule has 0 radical (unpaired) electrons. The molecule has 2 aromatic rings. The van der Waals surface area contributed by atoms with Crippen molar-refractivity contribution in [2.45, 2.75) is 63.5 Å². The first-order valence-electron chi connectivity index (χ1n) is 11.5. The first-order valence-corrected chi connectivity index (χ1v) is 12.3. The highest BCUT2D eigenvalue weighted by molar-refractivity contribution is 9.10. The predicted octanol–water partition coefficient (Wildman–Crippen LogP) is 3.73. The van der Waals surface area contributed by atoms with E-state index < -0.39 is 12.0 Å². The molecule has 32 heavy (non-hydrogen) atoms. The van der Waals surface area contributed by atoms with Crippen molar-refractivity contribution in [1.82, 2.24) is 19.9 Å². The lowest BCUT2D eigenvalue weighted by molar-refractivity contribution is -0.138. The summed E-state index contributed by atoms with van der Waals surface area (Å²) >= 11 is 3.37. The Hall–Kier alpha value is -2.26. The summed E-state index contributed by atoms with van der Waals surface area (Å²) in [5.41, 5.74) is 2.48. The van der Waals surface area contributed by atoms with Gasteiger partial charge in [-0.05, 0) is 85.5 Å². The number of aliphatic carboxylic acids is 1. The number of nitrogens with one attached hydrogen (secondary N) is 2. The number of aryl methyl sites for hydroxylation is 2. The molecular weight excluding hydrogens is 472 g/mol. The van der Waals surface area contributed by atoms with Crippen LogP contribution in [0.25, 0.3) is 0 Å². The Morgan fingerprint density at radius 2 is 2.19 bits per heavy atom. The first kappa shape index (κ1) is 22.9. The van der Waals surface area contributed by atoms with Gasteiger partial charge in [0.2, 0.25) is 0 Å². The van der Waals surface area contributed by atoms with E-state index in [1.165, 1.54) is 31.2 Å². The fraction of sp³-hybridized carbons (Fsp3) is 0.565. The van der Waals surface area contributed by atoms with Gasteiger partial charge in [0.25, 0.3) is 0 Å². The molecule has 1 aliphatic carbocycles. The molecule has 0 amide bonds. The van der Waals surface area contributed by atoms with Gasteiger partial charge in [-0.3, -0.25) is 0 Å². The summed E-state index contributed by atoms with van der Waals surface area (Å²) in [6, 6.07) is 4.30. The number of halogens is 1. The molecule has 1 fully saturated rings. The Balaban J connectivity index is 1.24. The van der Waals surface area contributed by atoms with E-state index in [0.717, 1.165) is 56.8 Å². The number of unbranched alkanes of at least 4 members (excludes halogenated alkanes) is 1. The zero-order valence-corrected chi connectivity index (χ0v) is 19.9. The highest BCUT2D eigenvalue weighted by Gasteiger charge is 2.30. The summed E-state index contributed by atoms with van der Waals surface area (Å²) < 4.78 is 0.663.